The fourth-order valence-corrected chi connectivity index (χ4v) is 2.53. The van der Waals surface area contributed by atoms with Crippen molar-refractivity contribution in [2.45, 2.75) is 6.10 Å². The third kappa shape index (κ3) is 2.95. The monoisotopic (exact) mass is 306 g/mol. The number of carboxylic acids is 1. The van der Waals surface area contributed by atoms with E-state index in [9.17, 15) is 15.0 Å². The first-order chi connectivity index (χ1) is 11.2. The molecule has 0 fully saturated rings. The van der Waals surface area contributed by atoms with Crippen molar-refractivity contribution in [3.8, 4) is 22.3 Å². The van der Waals surface area contributed by atoms with Gasteiger partial charge < -0.3 is 10.2 Å². The van der Waals surface area contributed by atoms with Crippen LogP contribution in [0.3, 0.4) is 0 Å². The zero-order valence-corrected chi connectivity index (χ0v) is 12.1. The van der Waals surface area contributed by atoms with E-state index in [-0.39, 0.29) is 0 Å². The number of aromatic nitrogens is 2. The van der Waals surface area contributed by atoms with E-state index in [0.717, 1.165) is 11.1 Å². The van der Waals surface area contributed by atoms with E-state index < -0.39 is 12.1 Å². The molecule has 1 atom stereocenters. The first-order valence-electron chi connectivity index (χ1n) is 7.03. The van der Waals surface area contributed by atoms with Crippen molar-refractivity contribution in [3.63, 3.8) is 0 Å². The Morgan fingerprint density at radius 3 is 1.78 bits per heavy atom. The van der Waals surface area contributed by atoms with Gasteiger partial charge in [0.25, 0.3) is 0 Å². The van der Waals surface area contributed by atoms with Gasteiger partial charge in [-0.25, -0.2) is 4.79 Å². The van der Waals surface area contributed by atoms with Gasteiger partial charge in [0.2, 0.25) is 0 Å². The molecule has 2 aromatic heterocycles. The average Bonchev–Trinajstić information content (AvgIpc) is 2.62. The molecular weight excluding hydrogens is 292 g/mol. The second-order valence-corrected chi connectivity index (χ2v) is 4.99. The maximum absolute atomic E-state index is 11.4. The Kier molecular flexibility index (Phi) is 4.12. The molecule has 0 amide bonds. The van der Waals surface area contributed by atoms with E-state index >= 15 is 0 Å². The maximum Gasteiger partial charge on any atom is 0.337 e. The maximum atomic E-state index is 11.4. The van der Waals surface area contributed by atoms with Crippen molar-refractivity contribution in [2.24, 2.45) is 0 Å². The minimum Gasteiger partial charge on any atom is -0.479 e. The van der Waals surface area contributed by atoms with Gasteiger partial charge in [0.05, 0.1) is 0 Å². The molecule has 0 aliphatic carbocycles. The number of carboxylic acid groups (broad SMARTS) is 1. The molecule has 0 saturated heterocycles. The summed E-state index contributed by atoms with van der Waals surface area (Å²) in [6.45, 7) is 0. The van der Waals surface area contributed by atoms with Gasteiger partial charge in [-0.1, -0.05) is 30.3 Å². The molecule has 1 aromatic carbocycles. The summed E-state index contributed by atoms with van der Waals surface area (Å²) in [4.78, 5) is 19.5. The third-order valence-corrected chi connectivity index (χ3v) is 3.56. The smallest absolute Gasteiger partial charge is 0.337 e. The molecule has 0 bridgehead atoms. The van der Waals surface area contributed by atoms with Crippen molar-refractivity contribution in [1.82, 2.24) is 9.97 Å². The number of aliphatic carboxylic acids is 1. The highest BCUT2D eigenvalue weighted by Gasteiger charge is 2.24. The highest BCUT2D eigenvalue weighted by Crippen LogP contribution is 2.36. The molecule has 114 valence electrons. The molecule has 5 heteroatoms. The second kappa shape index (κ2) is 6.37. The summed E-state index contributed by atoms with van der Waals surface area (Å²) in [5, 5.41) is 19.5. The Bertz CT molecular complexity index is 762. The van der Waals surface area contributed by atoms with Crippen molar-refractivity contribution >= 4 is 5.97 Å². The molecule has 2 N–H and O–H groups in total. The predicted molar refractivity (Wildman–Crippen MR) is 85.5 cm³/mol. The second-order valence-electron chi connectivity index (χ2n) is 4.99. The zero-order valence-electron chi connectivity index (χ0n) is 12.1. The van der Waals surface area contributed by atoms with Crippen LogP contribution in [0.25, 0.3) is 22.3 Å². The summed E-state index contributed by atoms with van der Waals surface area (Å²) in [5.41, 5.74) is 3.09. The van der Waals surface area contributed by atoms with Crippen LogP contribution in [0.2, 0.25) is 0 Å². The highest BCUT2D eigenvalue weighted by molar-refractivity contribution is 5.86. The Labute approximate surface area is 132 Å². The Morgan fingerprint density at radius 1 is 0.870 bits per heavy atom. The van der Waals surface area contributed by atoms with Crippen LogP contribution in [0.15, 0.2) is 67.3 Å². The molecule has 0 spiro atoms. The van der Waals surface area contributed by atoms with Crippen LogP contribution >= 0.6 is 0 Å². The number of aliphatic hydroxyl groups is 1. The lowest BCUT2D eigenvalue weighted by atomic mass is 9.90. The predicted octanol–water partition coefficient (Wildman–Crippen LogP) is 2.93. The summed E-state index contributed by atoms with van der Waals surface area (Å²) in [6, 6.07) is 12.6. The van der Waals surface area contributed by atoms with Crippen LogP contribution in [-0.4, -0.2) is 26.2 Å². The summed E-state index contributed by atoms with van der Waals surface area (Å²) in [6.07, 6.45) is 4.92. The van der Waals surface area contributed by atoms with Gasteiger partial charge in [0.1, 0.15) is 0 Å². The minimum atomic E-state index is -1.64. The van der Waals surface area contributed by atoms with Gasteiger partial charge in [-0.15, -0.1) is 0 Å². The van der Waals surface area contributed by atoms with Crippen LogP contribution in [0.5, 0.6) is 0 Å². The third-order valence-electron chi connectivity index (χ3n) is 3.56. The van der Waals surface area contributed by atoms with Crippen LogP contribution in [0.1, 0.15) is 11.7 Å². The first-order valence-corrected chi connectivity index (χ1v) is 7.03. The largest absolute Gasteiger partial charge is 0.479 e. The van der Waals surface area contributed by atoms with Gasteiger partial charge in [0.15, 0.2) is 6.10 Å². The average molecular weight is 306 g/mol. The molecule has 0 aliphatic rings. The van der Waals surface area contributed by atoms with E-state index in [4.69, 9.17) is 0 Å². The summed E-state index contributed by atoms with van der Waals surface area (Å²) in [5.74, 6) is -1.30. The summed E-state index contributed by atoms with van der Waals surface area (Å²) < 4.78 is 0. The standard InChI is InChI=1S/C18H14N2O3/c21-17(18(22)23)16-14(12-4-2-8-19-10-12)6-1-7-15(16)13-5-3-9-20-11-13/h1-11,17,21H,(H,22,23). The molecule has 0 aliphatic heterocycles. The summed E-state index contributed by atoms with van der Waals surface area (Å²) in [7, 11) is 0. The fraction of sp³-hybridized carbons (Fsp3) is 0.0556. The number of nitrogens with zero attached hydrogens (tertiary/aromatic N) is 2. The van der Waals surface area contributed by atoms with E-state index in [1.54, 1.807) is 49.1 Å². The molecule has 1 unspecified atom stereocenters. The van der Waals surface area contributed by atoms with E-state index in [0.29, 0.717) is 16.7 Å². The minimum absolute atomic E-state index is 0.334. The summed E-state index contributed by atoms with van der Waals surface area (Å²) >= 11 is 0. The normalized spacial score (nSPS) is 11.9. The van der Waals surface area contributed by atoms with Crippen LogP contribution < -0.4 is 0 Å². The van der Waals surface area contributed by atoms with Gasteiger partial charge in [-0.05, 0) is 23.3 Å². The van der Waals surface area contributed by atoms with Crippen LogP contribution in [0.4, 0.5) is 0 Å². The van der Waals surface area contributed by atoms with Crippen molar-refractivity contribution < 1.29 is 15.0 Å². The van der Waals surface area contributed by atoms with Crippen molar-refractivity contribution in [3.05, 3.63) is 72.8 Å². The van der Waals surface area contributed by atoms with Gasteiger partial charge in [0, 0.05) is 41.5 Å². The molecular formula is C18H14N2O3. The topological polar surface area (TPSA) is 83.3 Å². The Balaban J connectivity index is 2.27. The highest BCUT2D eigenvalue weighted by atomic mass is 16.4. The molecule has 5 nitrogen and oxygen atoms in total. The fourth-order valence-electron chi connectivity index (χ4n) is 2.53. The van der Waals surface area contributed by atoms with Crippen LogP contribution in [0, 0.1) is 0 Å². The molecule has 2 heterocycles. The lowest BCUT2D eigenvalue weighted by Gasteiger charge is -2.17. The number of carbonyl (C=O) groups is 1. The van der Waals surface area contributed by atoms with Gasteiger partial charge in [-0.3, -0.25) is 9.97 Å². The molecule has 0 saturated carbocycles. The Hall–Kier alpha value is -3.05. The van der Waals surface area contributed by atoms with Gasteiger partial charge in [-0.2, -0.15) is 0 Å². The lowest BCUT2D eigenvalue weighted by molar-refractivity contribution is -0.146. The number of aliphatic hydroxyl groups excluding tert-OH is 1. The number of benzene rings is 1. The first kappa shape index (κ1) is 14.9. The number of pyridine rings is 2. The number of rotatable bonds is 4. The number of hydrogen-bond acceptors (Lipinski definition) is 4. The van der Waals surface area contributed by atoms with E-state index in [1.165, 1.54) is 0 Å². The molecule has 0 radical (unpaired) electrons. The number of hydrogen-bond donors (Lipinski definition) is 2. The van der Waals surface area contributed by atoms with Crippen LogP contribution in [-0.2, 0) is 4.79 Å². The zero-order chi connectivity index (χ0) is 16.2. The SMILES string of the molecule is O=C(O)C(O)c1c(-c2cccnc2)cccc1-c1cccnc1. The van der Waals surface area contributed by atoms with Gasteiger partial charge >= 0.3 is 5.97 Å². The lowest BCUT2D eigenvalue weighted by Crippen LogP contribution is -2.13. The van der Waals surface area contributed by atoms with E-state index in [1.807, 2.05) is 18.2 Å². The molecule has 3 rings (SSSR count). The van der Waals surface area contributed by atoms with E-state index in [2.05, 4.69) is 9.97 Å². The Morgan fingerprint density at radius 2 is 1.39 bits per heavy atom. The van der Waals surface area contributed by atoms with Crippen molar-refractivity contribution in [1.29, 1.82) is 0 Å². The quantitative estimate of drug-likeness (QED) is 0.774. The molecule has 3 aromatic rings. The molecule has 23 heavy (non-hydrogen) atoms. The van der Waals surface area contributed by atoms with Crippen molar-refractivity contribution in [2.75, 3.05) is 0 Å².